The lowest BCUT2D eigenvalue weighted by atomic mass is 9.99. The van der Waals surface area contributed by atoms with Gasteiger partial charge in [0.15, 0.2) is 5.13 Å². The quantitative estimate of drug-likeness (QED) is 0.759. The normalized spacial score (nSPS) is 24.4. The van der Waals surface area contributed by atoms with Crippen LogP contribution in [0.15, 0.2) is 0 Å². The lowest BCUT2D eigenvalue weighted by Gasteiger charge is -2.25. The van der Waals surface area contributed by atoms with Gasteiger partial charge in [0.25, 0.3) is 0 Å². The Bertz CT molecular complexity index is 445. The van der Waals surface area contributed by atoms with Gasteiger partial charge in [0, 0.05) is 24.0 Å². The molecule has 1 atom stereocenters. The average molecular weight is 252 g/mol. The van der Waals surface area contributed by atoms with Gasteiger partial charge >= 0.3 is 0 Å². The second kappa shape index (κ2) is 4.27. The molecular weight excluding hydrogens is 236 g/mol. The second-order valence-corrected chi connectivity index (χ2v) is 5.64. The molecule has 1 aromatic heterocycles. The number of hydrogen-bond acceptors (Lipinski definition) is 5. The van der Waals surface area contributed by atoms with Crippen molar-refractivity contribution in [2.75, 3.05) is 24.5 Å². The Labute approximate surface area is 104 Å². The molecule has 2 aliphatic rings. The van der Waals surface area contributed by atoms with Crippen molar-refractivity contribution in [1.29, 1.82) is 0 Å². The molecule has 1 fully saturated rings. The molecule has 3 rings (SSSR count). The van der Waals surface area contributed by atoms with E-state index in [0.717, 1.165) is 36.6 Å². The van der Waals surface area contributed by atoms with Gasteiger partial charge in [-0.2, -0.15) is 0 Å². The maximum absolute atomic E-state index is 11.4. The van der Waals surface area contributed by atoms with Crippen molar-refractivity contribution >= 4 is 22.4 Å². The lowest BCUT2D eigenvalue weighted by Crippen LogP contribution is -2.47. The number of nitrogens with zero attached hydrogens (tertiary/aromatic N) is 2. The van der Waals surface area contributed by atoms with Crippen molar-refractivity contribution in [1.82, 2.24) is 10.3 Å². The molecule has 1 aromatic rings. The van der Waals surface area contributed by atoms with Crippen molar-refractivity contribution < 1.29 is 4.79 Å². The van der Waals surface area contributed by atoms with Crippen LogP contribution in [0.5, 0.6) is 0 Å². The monoisotopic (exact) mass is 252 g/mol. The molecule has 0 saturated carbocycles. The van der Waals surface area contributed by atoms with E-state index in [9.17, 15) is 4.79 Å². The number of amides is 1. The summed E-state index contributed by atoms with van der Waals surface area (Å²) < 4.78 is 0. The molecule has 0 bridgehead atoms. The Morgan fingerprint density at radius 3 is 3.18 bits per heavy atom. The molecule has 5 nitrogen and oxygen atoms in total. The van der Waals surface area contributed by atoms with Crippen LogP contribution in [0.1, 0.15) is 29.5 Å². The SMILES string of the molecule is NC1CCCc2sc(N3CCNC(=O)C3)nc21. The van der Waals surface area contributed by atoms with E-state index in [1.807, 2.05) is 0 Å². The van der Waals surface area contributed by atoms with E-state index < -0.39 is 0 Å². The summed E-state index contributed by atoms with van der Waals surface area (Å²) in [6.45, 7) is 1.96. The van der Waals surface area contributed by atoms with Gasteiger partial charge in [0.2, 0.25) is 5.91 Å². The topological polar surface area (TPSA) is 71.2 Å². The van der Waals surface area contributed by atoms with Crippen molar-refractivity contribution in [2.45, 2.75) is 25.3 Å². The standard InChI is InChI=1S/C11H16N4OS/c12-7-2-1-3-8-10(7)14-11(17-8)15-5-4-13-9(16)6-15/h7H,1-6,12H2,(H,13,16). The Morgan fingerprint density at radius 1 is 1.53 bits per heavy atom. The van der Waals surface area contributed by atoms with E-state index in [2.05, 4.69) is 15.2 Å². The van der Waals surface area contributed by atoms with Gasteiger partial charge in [-0.3, -0.25) is 4.79 Å². The zero-order valence-electron chi connectivity index (χ0n) is 9.61. The number of thiazole rings is 1. The minimum atomic E-state index is 0.0775. The number of fused-ring (bicyclic) bond motifs is 1. The first kappa shape index (κ1) is 11.0. The molecule has 1 saturated heterocycles. The van der Waals surface area contributed by atoms with Crippen LogP contribution in [0.25, 0.3) is 0 Å². The third kappa shape index (κ3) is 2.02. The van der Waals surface area contributed by atoms with Crippen LogP contribution in [-0.2, 0) is 11.2 Å². The van der Waals surface area contributed by atoms with Crippen LogP contribution in [0.3, 0.4) is 0 Å². The van der Waals surface area contributed by atoms with Crippen molar-refractivity contribution in [3.63, 3.8) is 0 Å². The number of aryl methyl sites for hydroxylation is 1. The Balaban J connectivity index is 1.86. The lowest BCUT2D eigenvalue weighted by molar-refractivity contribution is -0.120. The zero-order valence-corrected chi connectivity index (χ0v) is 10.4. The van der Waals surface area contributed by atoms with Crippen LogP contribution in [0, 0.1) is 0 Å². The van der Waals surface area contributed by atoms with Crippen LogP contribution in [0.2, 0.25) is 0 Å². The molecule has 6 heteroatoms. The highest BCUT2D eigenvalue weighted by Gasteiger charge is 2.25. The molecule has 92 valence electrons. The second-order valence-electron chi connectivity index (χ2n) is 4.58. The number of carbonyl (C=O) groups excluding carboxylic acids is 1. The summed E-state index contributed by atoms with van der Waals surface area (Å²) in [7, 11) is 0. The number of hydrogen-bond donors (Lipinski definition) is 2. The highest BCUT2D eigenvalue weighted by Crippen LogP contribution is 2.35. The predicted octanol–water partition coefficient (Wildman–Crippen LogP) is 0.415. The maximum Gasteiger partial charge on any atom is 0.239 e. The first-order chi connectivity index (χ1) is 8.24. The maximum atomic E-state index is 11.4. The van der Waals surface area contributed by atoms with E-state index in [1.54, 1.807) is 11.3 Å². The van der Waals surface area contributed by atoms with Crippen LogP contribution in [-0.4, -0.2) is 30.5 Å². The fraction of sp³-hybridized carbons (Fsp3) is 0.636. The summed E-state index contributed by atoms with van der Waals surface area (Å²) in [5, 5.41) is 3.78. The average Bonchev–Trinajstić information content (AvgIpc) is 2.74. The highest BCUT2D eigenvalue weighted by molar-refractivity contribution is 7.15. The summed E-state index contributed by atoms with van der Waals surface area (Å²) in [6, 6.07) is 0.0855. The fourth-order valence-corrected chi connectivity index (χ4v) is 3.57. The van der Waals surface area contributed by atoms with Gasteiger partial charge in [0.1, 0.15) is 0 Å². The highest BCUT2D eigenvalue weighted by atomic mass is 32.1. The molecule has 1 aliphatic heterocycles. The number of rotatable bonds is 1. The predicted molar refractivity (Wildman–Crippen MR) is 67.2 cm³/mol. The fourth-order valence-electron chi connectivity index (χ4n) is 2.38. The van der Waals surface area contributed by atoms with Gasteiger partial charge < -0.3 is 16.0 Å². The minimum absolute atomic E-state index is 0.0775. The summed E-state index contributed by atoms with van der Waals surface area (Å²) in [5.41, 5.74) is 7.12. The van der Waals surface area contributed by atoms with Gasteiger partial charge in [-0.05, 0) is 19.3 Å². The number of anilines is 1. The van der Waals surface area contributed by atoms with E-state index in [4.69, 9.17) is 5.73 Å². The Kier molecular flexibility index (Phi) is 2.76. The third-order valence-electron chi connectivity index (χ3n) is 3.30. The van der Waals surface area contributed by atoms with E-state index >= 15 is 0 Å². The number of piperazine rings is 1. The molecular formula is C11H16N4OS. The number of carbonyl (C=O) groups is 1. The molecule has 0 spiro atoms. The molecule has 1 amide bonds. The summed E-state index contributed by atoms with van der Waals surface area (Å²) >= 11 is 1.70. The van der Waals surface area contributed by atoms with Crippen molar-refractivity contribution in [3.8, 4) is 0 Å². The number of aromatic nitrogens is 1. The zero-order chi connectivity index (χ0) is 11.8. The van der Waals surface area contributed by atoms with Crippen molar-refractivity contribution in [2.24, 2.45) is 5.73 Å². The Morgan fingerprint density at radius 2 is 2.41 bits per heavy atom. The molecule has 0 aromatic carbocycles. The number of nitrogens with two attached hydrogens (primary N) is 1. The summed E-state index contributed by atoms with van der Waals surface area (Å²) in [6.07, 6.45) is 3.26. The van der Waals surface area contributed by atoms with Crippen LogP contribution in [0.4, 0.5) is 5.13 Å². The minimum Gasteiger partial charge on any atom is -0.353 e. The van der Waals surface area contributed by atoms with Gasteiger partial charge in [-0.15, -0.1) is 11.3 Å². The van der Waals surface area contributed by atoms with E-state index in [-0.39, 0.29) is 11.9 Å². The van der Waals surface area contributed by atoms with Crippen LogP contribution < -0.4 is 16.0 Å². The molecule has 1 unspecified atom stereocenters. The van der Waals surface area contributed by atoms with E-state index in [0.29, 0.717) is 13.1 Å². The molecule has 3 N–H and O–H groups in total. The summed E-state index contributed by atoms with van der Waals surface area (Å²) in [5.74, 6) is 0.0775. The smallest absolute Gasteiger partial charge is 0.239 e. The molecule has 1 aliphatic carbocycles. The summed E-state index contributed by atoms with van der Waals surface area (Å²) in [4.78, 5) is 19.3. The number of nitrogens with one attached hydrogen (secondary N) is 1. The largest absolute Gasteiger partial charge is 0.353 e. The van der Waals surface area contributed by atoms with Crippen molar-refractivity contribution in [3.05, 3.63) is 10.6 Å². The van der Waals surface area contributed by atoms with E-state index in [1.165, 1.54) is 4.88 Å². The van der Waals surface area contributed by atoms with Gasteiger partial charge in [0.05, 0.1) is 12.2 Å². The molecule has 17 heavy (non-hydrogen) atoms. The third-order valence-corrected chi connectivity index (χ3v) is 4.49. The Hall–Kier alpha value is -1.14. The van der Waals surface area contributed by atoms with Gasteiger partial charge in [-0.1, -0.05) is 0 Å². The van der Waals surface area contributed by atoms with Gasteiger partial charge in [-0.25, -0.2) is 4.98 Å². The first-order valence-electron chi connectivity index (χ1n) is 6.01. The first-order valence-corrected chi connectivity index (χ1v) is 6.82. The van der Waals surface area contributed by atoms with Crippen LogP contribution >= 0.6 is 11.3 Å². The molecule has 0 radical (unpaired) electrons. The molecule has 2 heterocycles.